The van der Waals surface area contributed by atoms with Crippen LogP contribution in [0.3, 0.4) is 0 Å². The van der Waals surface area contributed by atoms with Gasteiger partial charge in [0.15, 0.2) is 0 Å². The van der Waals surface area contributed by atoms with Crippen LogP contribution in [0.2, 0.25) is 0 Å². The van der Waals surface area contributed by atoms with Crippen molar-refractivity contribution in [2.24, 2.45) is 0 Å². The molecule has 1 aromatic heterocycles. The first-order valence-corrected chi connectivity index (χ1v) is 8.06. The number of aromatic nitrogens is 3. The average Bonchev–Trinajstić information content (AvgIpc) is 2.65. The van der Waals surface area contributed by atoms with Gasteiger partial charge in [0, 0.05) is 6.42 Å². The van der Waals surface area contributed by atoms with E-state index in [-0.39, 0.29) is 12.2 Å². The zero-order valence-electron chi connectivity index (χ0n) is 14.1. The third-order valence-corrected chi connectivity index (χ3v) is 3.93. The molecule has 3 aromatic rings. The summed E-state index contributed by atoms with van der Waals surface area (Å²) < 4.78 is 0.886. The van der Waals surface area contributed by atoms with Crippen LogP contribution in [0.25, 0.3) is 10.9 Å². The second kappa shape index (κ2) is 7.65. The number of hydrogen-bond acceptors (Lipinski definition) is 6. The average molecular weight is 368 g/mol. The van der Waals surface area contributed by atoms with Gasteiger partial charge in [0.2, 0.25) is 5.91 Å². The molecule has 0 unspecified atom stereocenters. The van der Waals surface area contributed by atoms with Crippen LogP contribution in [0, 0.1) is 0 Å². The summed E-state index contributed by atoms with van der Waals surface area (Å²) in [7, 11) is 0. The van der Waals surface area contributed by atoms with E-state index >= 15 is 0 Å². The molecule has 0 aliphatic rings. The number of carboxylic acids is 1. The number of carbonyl (C=O) groups excluding carboxylic acids is 1. The maximum atomic E-state index is 12.3. The largest absolute Gasteiger partial charge is 0.508 e. The van der Waals surface area contributed by atoms with Crippen molar-refractivity contribution in [2.45, 2.75) is 19.0 Å². The fourth-order valence-corrected chi connectivity index (χ4v) is 2.57. The normalized spacial score (nSPS) is 11.9. The molecule has 2 aromatic carbocycles. The fourth-order valence-electron chi connectivity index (χ4n) is 2.57. The third-order valence-electron chi connectivity index (χ3n) is 3.93. The SMILES string of the molecule is O=C(Cn1nnc2ccccc2c1=O)N[C@@H](Cc1ccc(O)cc1)C(=O)O. The zero-order valence-corrected chi connectivity index (χ0v) is 14.1. The van der Waals surface area contributed by atoms with Crippen LogP contribution in [0.1, 0.15) is 5.56 Å². The van der Waals surface area contributed by atoms with E-state index in [1.165, 1.54) is 12.1 Å². The minimum absolute atomic E-state index is 0.0274. The van der Waals surface area contributed by atoms with E-state index in [1.807, 2.05) is 0 Å². The van der Waals surface area contributed by atoms with Gasteiger partial charge in [0.25, 0.3) is 5.56 Å². The minimum atomic E-state index is -1.21. The molecule has 27 heavy (non-hydrogen) atoms. The standard InChI is InChI=1S/C18H16N4O5/c23-12-7-5-11(6-8-12)9-15(18(26)27)19-16(24)10-22-17(25)13-3-1-2-4-14(13)20-21-22/h1-8,15,23H,9-10H2,(H,19,24)(H,26,27)/t15-/m0/s1. The first kappa shape index (κ1) is 18.1. The Hall–Kier alpha value is -3.75. The van der Waals surface area contributed by atoms with Crippen LogP contribution in [-0.2, 0) is 22.6 Å². The van der Waals surface area contributed by atoms with Crippen molar-refractivity contribution in [1.29, 1.82) is 0 Å². The highest BCUT2D eigenvalue weighted by Crippen LogP contribution is 2.11. The van der Waals surface area contributed by atoms with E-state index in [0.717, 1.165) is 4.68 Å². The Labute approximate surface area is 152 Å². The number of amides is 1. The highest BCUT2D eigenvalue weighted by atomic mass is 16.4. The van der Waals surface area contributed by atoms with Crippen LogP contribution in [0.4, 0.5) is 0 Å². The molecule has 3 rings (SSSR count). The Bertz CT molecular complexity index is 1050. The number of carbonyl (C=O) groups is 2. The van der Waals surface area contributed by atoms with E-state index in [9.17, 15) is 24.6 Å². The van der Waals surface area contributed by atoms with Gasteiger partial charge in [-0.15, -0.1) is 5.10 Å². The number of fused-ring (bicyclic) bond motifs is 1. The van der Waals surface area contributed by atoms with Gasteiger partial charge in [-0.2, -0.15) is 0 Å². The number of aromatic hydroxyl groups is 1. The zero-order chi connectivity index (χ0) is 19.4. The second-order valence-electron chi connectivity index (χ2n) is 5.90. The van der Waals surface area contributed by atoms with Gasteiger partial charge in [-0.05, 0) is 29.8 Å². The smallest absolute Gasteiger partial charge is 0.326 e. The lowest BCUT2D eigenvalue weighted by atomic mass is 10.1. The molecule has 3 N–H and O–H groups in total. The van der Waals surface area contributed by atoms with Gasteiger partial charge in [-0.1, -0.05) is 29.5 Å². The van der Waals surface area contributed by atoms with E-state index < -0.39 is 30.0 Å². The van der Waals surface area contributed by atoms with Gasteiger partial charge in [-0.25, -0.2) is 9.48 Å². The monoisotopic (exact) mass is 368 g/mol. The maximum Gasteiger partial charge on any atom is 0.326 e. The highest BCUT2D eigenvalue weighted by Gasteiger charge is 2.21. The number of nitrogens with one attached hydrogen (secondary N) is 1. The van der Waals surface area contributed by atoms with Crippen molar-refractivity contribution in [1.82, 2.24) is 20.3 Å². The summed E-state index contributed by atoms with van der Waals surface area (Å²) in [6.07, 6.45) is 0.0274. The Kier molecular flexibility index (Phi) is 5.11. The van der Waals surface area contributed by atoms with Crippen molar-refractivity contribution >= 4 is 22.8 Å². The van der Waals surface area contributed by atoms with E-state index in [1.54, 1.807) is 36.4 Å². The van der Waals surface area contributed by atoms with Gasteiger partial charge in [0.05, 0.1) is 5.39 Å². The van der Waals surface area contributed by atoms with Crippen molar-refractivity contribution in [3.8, 4) is 5.75 Å². The molecule has 0 saturated heterocycles. The summed E-state index contributed by atoms with van der Waals surface area (Å²) in [6.45, 7) is -0.448. The molecule has 9 heteroatoms. The van der Waals surface area contributed by atoms with Gasteiger partial charge in [0.1, 0.15) is 23.9 Å². The number of rotatable bonds is 6. The number of hydrogen-bond donors (Lipinski definition) is 3. The molecular formula is C18H16N4O5. The lowest BCUT2D eigenvalue weighted by Gasteiger charge is -2.15. The van der Waals surface area contributed by atoms with Crippen LogP contribution in [0.5, 0.6) is 5.75 Å². The molecule has 0 saturated carbocycles. The summed E-state index contributed by atoms with van der Waals surface area (Å²) in [5.74, 6) is -1.83. The topological polar surface area (TPSA) is 134 Å². The highest BCUT2D eigenvalue weighted by molar-refractivity contribution is 5.84. The summed E-state index contributed by atoms with van der Waals surface area (Å²) >= 11 is 0. The molecule has 0 aliphatic heterocycles. The molecule has 1 heterocycles. The third kappa shape index (κ3) is 4.27. The summed E-state index contributed by atoms with van der Waals surface area (Å²) in [6, 6.07) is 11.4. The first-order chi connectivity index (χ1) is 12.9. The lowest BCUT2D eigenvalue weighted by molar-refractivity contribution is -0.141. The van der Waals surface area contributed by atoms with Gasteiger partial charge in [-0.3, -0.25) is 9.59 Å². The summed E-state index contributed by atoms with van der Waals surface area (Å²) in [4.78, 5) is 36.0. The van der Waals surface area contributed by atoms with Crippen molar-refractivity contribution in [2.75, 3.05) is 0 Å². The van der Waals surface area contributed by atoms with Crippen LogP contribution >= 0.6 is 0 Å². The molecule has 1 atom stereocenters. The molecule has 0 bridgehead atoms. The fraction of sp³-hybridized carbons (Fsp3) is 0.167. The van der Waals surface area contributed by atoms with Crippen LogP contribution in [0.15, 0.2) is 53.3 Å². The molecule has 9 nitrogen and oxygen atoms in total. The number of carboxylic acid groups (broad SMARTS) is 1. The van der Waals surface area contributed by atoms with Crippen molar-refractivity contribution in [3.63, 3.8) is 0 Å². The predicted octanol–water partition coefficient (Wildman–Crippen LogP) is 0.309. The van der Waals surface area contributed by atoms with E-state index in [2.05, 4.69) is 15.6 Å². The molecule has 0 aliphatic carbocycles. The number of nitrogens with zero attached hydrogens (tertiary/aromatic N) is 3. The lowest BCUT2D eigenvalue weighted by Crippen LogP contribution is -2.45. The van der Waals surface area contributed by atoms with E-state index in [0.29, 0.717) is 16.5 Å². The van der Waals surface area contributed by atoms with Crippen molar-refractivity contribution < 1.29 is 19.8 Å². The molecule has 138 valence electrons. The number of aliphatic carboxylic acids is 1. The second-order valence-corrected chi connectivity index (χ2v) is 5.90. The maximum absolute atomic E-state index is 12.3. The number of benzene rings is 2. The molecule has 0 radical (unpaired) electrons. The van der Waals surface area contributed by atoms with E-state index in [4.69, 9.17) is 0 Å². The predicted molar refractivity (Wildman–Crippen MR) is 95.2 cm³/mol. The number of phenolic OH excluding ortho intramolecular Hbond substituents is 1. The quantitative estimate of drug-likeness (QED) is 0.570. The Morgan fingerprint density at radius 3 is 2.52 bits per heavy atom. The van der Waals surface area contributed by atoms with Crippen LogP contribution < -0.4 is 10.9 Å². The van der Waals surface area contributed by atoms with Gasteiger partial charge < -0.3 is 15.5 Å². The van der Waals surface area contributed by atoms with Gasteiger partial charge >= 0.3 is 5.97 Å². The van der Waals surface area contributed by atoms with Crippen LogP contribution in [-0.4, -0.2) is 43.1 Å². The minimum Gasteiger partial charge on any atom is -0.508 e. The molecule has 0 spiro atoms. The molecular weight excluding hydrogens is 352 g/mol. The first-order valence-electron chi connectivity index (χ1n) is 8.06. The summed E-state index contributed by atoms with van der Waals surface area (Å²) in [5, 5.41) is 28.9. The molecule has 0 fully saturated rings. The Balaban J connectivity index is 1.73. The summed E-state index contributed by atoms with van der Waals surface area (Å²) in [5.41, 5.74) is 0.555. The van der Waals surface area contributed by atoms with Crippen molar-refractivity contribution in [3.05, 3.63) is 64.4 Å². The Morgan fingerprint density at radius 2 is 1.81 bits per heavy atom. The number of phenols is 1. The molecule has 1 amide bonds. The Morgan fingerprint density at radius 1 is 1.11 bits per heavy atom.